The number of rotatable bonds is 7. The van der Waals surface area contributed by atoms with E-state index in [1.54, 1.807) is 0 Å². The van der Waals surface area contributed by atoms with Gasteiger partial charge in [-0.2, -0.15) is 0 Å². The summed E-state index contributed by atoms with van der Waals surface area (Å²) in [6.45, 7) is 22.0. The van der Waals surface area contributed by atoms with Gasteiger partial charge in [0.05, 0.1) is 0 Å². The first kappa shape index (κ1) is 18.1. The van der Waals surface area contributed by atoms with Crippen LogP contribution in [-0.2, 0) is 0 Å². The normalized spacial score (nSPS) is 36.0. The third-order valence-corrected chi connectivity index (χ3v) is 7.38. The van der Waals surface area contributed by atoms with E-state index >= 15 is 0 Å². The van der Waals surface area contributed by atoms with Crippen molar-refractivity contribution in [2.75, 3.05) is 0 Å². The van der Waals surface area contributed by atoms with E-state index in [1.165, 1.54) is 25.7 Å². The standard InChI is InChI=1S/C20H40/c1-10-18-16(5)17(6)20(18,9)13-15(4)11-12-19(7,8)14(2)3/h14-18H,10-13H2,1-9H3. The highest BCUT2D eigenvalue weighted by molar-refractivity contribution is 5.01. The molecule has 1 saturated carbocycles. The summed E-state index contributed by atoms with van der Waals surface area (Å²) in [7, 11) is 0. The molecule has 0 bridgehead atoms. The Bertz CT molecular complexity index is 301. The lowest BCUT2D eigenvalue weighted by Crippen LogP contribution is -2.53. The molecule has 0 aromatic heterocycles. The molecule has 0 heterocycles. The number of hydrogen-bond acceptors (Lipinski definition) is 0. The highest BCUT2D eigenvalue weighted by Crippen LogP contribution is 2.60. The highest BCUT2D eigenvalue weighted by atomic mass is 14.6. The van der Waals surface area contributed by atoms with Gasteiger partial charge in [-0.15, -0.1) is 0 Å². The van der Waals surface area contributed by atoms with Crippen molar-refractivity contribution >= 4 is 0 Å². The summed E-state index contributed by atoms with van der Waals surface area (Å²) < 4.78 is 0. The van der Waals surface area contributed by atoms with Crippen LogP contribution in [0, 0.1) is 40.4 Å². The fourth-order valence-corrected chi connectivity index (χ4v) is 4.70. The molecule has 1 rings (SSSR count). The zero-order chi connectivity index (χ0) is 15.7. The molecule has 5 unspecified atom stereocenters. The lowest BCUT2D eigenvalue weighted by atomic mass is 9.45. The first-order valence-corrected chi connectivity index (χ1v) is 9.06. The molecule has 0 saturated heterocycles. The summed E-state index contributed by atoms with van der Waals surface area (Å²) in [6.07, 6.45) is 5.58. The van der Waals surface area contributed by atoms with Gasteiger partial charge in [-0.1, -0.05) is 75.2 Å². The molecule has 1 aliphatic carbocycles. The van der Waals surface area contributed by atoms with Crippen LogP contribution in [0.4, 0.5) is 0 Å². The van der Waals surface area contributed by atoms with E-state index in [0.717, 1.165) is 29.6 Å². The topological polar surface area (TPSA) is 0 Å². The Kier molecular flexibility index (Phi) is 5.78. The predicted octanol–water partition coefficient (Wildman–Crippen LogP) is 6.79. The van der Waals surface area contributed by atoms with Gasteiger partial charge in [0.15, 0.2) is 0 Å². The van der Waals surface area contributed by atoms with Gasteiger partial charge in [-0.25, -0.2) is 0 Å². The molecule has 0 nitrogen and oxygen atoms in total. The van der Waals surface area contributed by atoms with Crippen molar-refractivity contribution in [3.8, 4) is 0 Å². The molecule has 120 valence electrons. The fraction of sp³-hybridized carbons (Fsp3) is 1.00. The minimum atomic E-state index is 0.498. The second kappa shape index (κ2) is 6.41. The van der Waals surface area contributed by atoms with E-state index < -0.39 is 0 Å². The minimum absolute atomic E-state index is 0.498. The van der Waals surface area contributed by atoms with Crippen molar-refractivity contribution in [2.45, 2.75) is 88.0 Å². The van der Waals surface area contributed by atoms with Crippen molar-refractivity contribution < 1.29 is 0 Å². The van der Waals surface area contributed by atoms with Crippen molar-refractivity contribution in [2.24, 2.45) is 40.4 Å². The van der Waals surface area contributed by atoms with Crippen LogP contribution in [0.2, 0.25) is 0 Å². The second-order valence-electron chi connectivity index (χ2n) is 9.16. The molecular weight excluding hydrogens is 240 g/mol. The Hall–Kier alpha value is 0. The van der Waals surface area contributed by atoms with Crippen LogP contribution in [0.3, 0.4) is 0 Å². The summed E-state index contributed by atoms with van der Waals surface area (Å²) in [5, 5.41) is 0. The Morgan fingerprint density at radius 1 is 1.10 bits per heavy atom. The molecule has 0 spiro atoms. The average molecular weight is 281 g/mol. The molecule has 0 radical (unpaired) electrons. The fourth-order valence-electron chi connectivity index (χ4n) is 4.70. The van der Waals surface area contributed by atoms with E-state index in [4.69, 9.17) is 0 Å². The van der Waals surface area contributed by atoms with Gasteiger partial charge < -0.3 is 0 Å². The first-order valence-electron chi connectivity index (χ1n) is 9.06. The van der Waals surface area contributed by atoms with Crippen LogP contribution >= 0.6 is 0 Å². The lowest BCUT2D eigenvalue weighted by Gasteiger charge is -2.59. The summed E-state index contributed by atoms with van der Waals surface area (Å²) in [5.74, 6) is 4.47. The summed E-state index contributed by atoms with van der Waals surface area (Å²) in [4.78, 5) is 0. The Balaban J connectivity index is 2.52. The van der Waals surface area contributed by atoms with Gasteiger partial charge in [-0.05, 0) is 53.3 Å². The SMILES string of the molecule is CCC1C(C)C(C)C1(C)CC(C)CCC(C)(C)C(C)C. The van der Waals surface area contributed by atoms with Crippen LogP contribution in [0.5, 0.6) is 0 Å². The van der Waals surface area contributed by atoms with Crippen molar-refractivity contribution in [1.29, 1.82) is 0 Å². The zero-order valence-electron chi connectivity index (χ0n) is 15.7. The maximum absolute atomic E-state index is 2.57. The van der Waals surface area contributed by atoms with Crippen molar-refractivity contribution in [1.82, 2.24) is 0 Å². The van der Waals surface area contributed by atoms with E-state index in [1.807, 2.05) is 0 Å². The number of hydrogen-bond donors (Lipinski definition) is 0. The van der Waals surface area contributed by atoms with Gasteiger partial charge in [0.25, 0.3) is 0 Å². The summed E-state index contributed by atoms with van der Waals surface area (Å²) >= 11 is 0. The first-order chi connectivity index (χ1) is 9.06. The molecule has 1 aliphatic rings. The zero-order valence-corrected chi connectivity index (χ0v) is 15.7. The molecule has 0 amide bonds. The van der Waals surface area contributed by atoms with E-state index in [0.29, 0.717) is 10.8 Å². The molecule has 0 aromatic carbocycles. The monoisotopic (exact) mass is 280 g/mol. The van der Waals surface area contributed by atoms with Gasteiger partial charge in [0, 0.05) is 0 Å². The van der Waals surface area contributed by atoms with E-state index in [9.17, 15) is 0 Å². The molecule has 0 aromatic rings. The van der Waals surface area contributed by atoms with Crippen LogP contribution < -0.4 is 0 Å². The summed E-state index contributed by atoms with van der Waals surface area (Å²) in [5.41, 5.74) is 1.10. The predicted molar refractivity (Wildman–Crippen MR) is 91.9 cm³/mol. The molecule has 20 heavy (non-hydrogen) atoms. The highest BCUT2D eigenvalue weighted by Gasteiger charge is 2.53. The van der Waals surface area contributed by atoms with E-state index in [2.05, 4.69) is 62.3 Å². The van der Waals surface area contributed by atoms with Crippen LogP contribution in [0.15, 0.2) is 0 Å². The minimum Gasteiger partial charge on any atom is -0.0651 e. The van der Waals surface area contributed by atoms with Gasteiger partial charge in [0.1, 0.15) is 0 Å². The Morgan fingerprint density at radius 2 is 1.65 bits per heavy atom. The maximum atomic E-state index is 2.57. The molecule has 0 N–H and O–H groups in total. The van der Waals surface area contributed by atoms with Crippen LogP contribution in [0.1, 0.15) is 88.0 Å². The van der Waals surface area contributed by atoms with Crippen molar-refractivity contribution in [3.05, 3.63) is 0 Å². The van der Waals surface area contributed by atoms with E-state index in [-0.39, 0.29) is 0 Å². The maximum Gasteiger partial charge on any atom is -0.0264 e. The van der Waals surface area contributed by atoms with Crippen LogP contribution in [-0.4, -0.2) is 0 Å². The lowest BCUT2D eigenvalue weighted by molar-refractivity contribution is -0.109. The van der Waals surface area contributed by atoms with Crippen molar-refractivity contribution in [3.63, 3.8) is 0 Å². The quantitative estimate of drug-likeness (QED) is 0.481. The smallest absolute Gasteiger partial charge is 0.0264 e. The van der Waals surface area contributed by atoms with Gasteiger partial charge >= 0.3 is 0 Å². The average Bonchev–Trinajstić information content (AvgIpc) is 2.36. The summed E-state index contributed by atoms with van der Waals surface area (Å²) in [6, 6.07) is 0. The third kappa shape index (κ3) is 3.42. The molecule has 0 heteroatoms. The molecular formula is C20H40. The Morgan fingerprint density at radius 3 is 2.10 bits per heavy atom. The van der Waals surface area contributed by atoms with Crippen LogP contribution in [0.25, 0.3) is 0 Å². The largest absolute Gasteiger partial charge is 0.0651 e. The third-order valence-electron chi connectivity index (χ3n) is 7.38. The second-order valence-corrected chi connectivity index (χ2v) is 9.16. The van der Waals surface area contributed by atoms with Gasteiger partial charge in [-0.3, -0.25) is 0 Å². The molecule has 0 aliphatic heterocycles. The molecule has 1 fully saturated rings. The Labute approximate surface area is 129 Å². The molecule has 5 atom stereocenters. The van der Waals surface area contributed by atoms with Gasteiger partial charge in [0.2, 0.25) is 0 Å².